The van der Waals surface area contributed by atoms with E-state index in [9.17, 15) is 18.1 Å². The van der Waals surface area contributed by atoms with Crippen molar-refractivity contribution < 1.29 is 18.1 Å². The molecule has 108 valence electrons. The molecule has 0 saturated carbocycles. The van der Waals surface area contributed by atoms with Crippen LogP contribution in [-0.4, -0.2) is 33.1 Å². The maximum atomic E-state index is 11.3. The van der Waals surface area contributed by atoms with Crippen LogP contribution in [0.1, 0.15) is 5.56 Å². The molecular weight excluding hydrogens is 294 g/mol. The first-order valence-electron chi connectivity index (χ1n) is 6.00. The van der Waals surface area contributed by atoms with Crippen LogP contribution in [0.2, 0.25) is 0 Å². The third-order valence-corrected chi connectivity index (χ3v) is 3.88. The van der Waals surface area contributed by atoms with E-state index in [2.05, 4.69) is 10.2 Å². The Kier molecular flexibility index (Phi) is 2.92. The van der Waals surface area contributed by atoms with Gasteiger partial charge in [0.2, 0.25) is 0 Å². The Balaban J connectivity index is 2.30. The maximum absolute atomic E-state index is 11.3. The molecule has 0 amide bonds. The van der Waals surface area contributed by atoms with E-state index in [0.717, 1.165) is 10.4 Å². The van der Waals surface area contributed by atoms with E-state index < -0.39 is 10.1 Å². The van der Waals surface area contributed by atoms with Gasteiger partial charge in [0.25, 0.3) is 10.1 Å². The Labute approximate surface area is 120 Å². The van der Waals surface area contributed by atoms with Crippen molar-refractivity contribution in [2.24, 2.45) is 0 Å². The van der Waals surface area contributed by atoms with Gasteiger partial charge in [0.1, 0.15) is 27.4 Å². The molecule has 1 heterocycles. The average Bonchev–Trinajstić information content (AvgIpc) is 2.83. The fraction of sp³-hybridized carbons (Fsp3) is 0.0769. The molecule has 0 bridgehead atoms. The molecule has 8 heteroatoms. The molecule has 21 heavy (non-hydrogen) atoms. The molecule has 0 unspecified atom stereocenters. The van der Waals surface area contributed by atoms with E-state index in [-0.39, 0.29) is 16.2 Å². The quantitative estimate of drug-likeness (QED) is 0.698. The van der Waals surface area contributed by atoms with Crippen molar-refractivity contribution in [2.45, 2.75) is 11.8 Å². The predicted octanol–water partition coefficient (Wildman–Crippen LogP) is 1.68. The van der Waals surface area contributed by atoms with Gasteiger partial charge in [0.15, 0.2) is 0 Å². The summed E-state index contributed by atoms with van der Waals surface area (Å²) in [6.07, 6.45) is 0. The zero-order valence-corrected chi connectivity index (χ0v) is 11.7. The number of aromatic nitrogens is 3. The van der Waals surface area contributed by atoms with Crippen LogP contribution in [0.25, 0.3) is 16.7 Å². The number of hydrogen-bond donors (Lipinski definition) is 2. The first-order valence-corrected chi connectivity index (χ1v) is 7.44. The number of hydrogen-bond acceptors (Lipinski definition) is 5. The zero-order valence-electron chi connectivity index (χ0n) is 10.9. The summed E-state index contributed by atoms with van der Waals surface area (Å²) in [6.45, 7) is 1.84. The molecule has 0 atom stereocenters. The molecule has 0 spiro atoms. The number of aromatic hydroxyl groups is 1. The van der Waals surface area contributed by atoms with Gasteiger partial charge in [-0.05, 0) is 36.8 Å². The van der Waals surface area contributed by atoms with Gasteiger partial charge < -0.3 is 5.11 Å². The number of fused-ring (bicyclic) bond motifs is 1. The van der Waals surface area contributed by atoms with Gasteiger partial charge in [0.05, 0.1) is 0 Å². The highest BCUT2D eigenvalue weighted by molar-refractivity contribution is 7.86. The summed E-state index contributed by atoms with van der Waals surface area (Å²) in [4.78, 5) is 0.820. The van der Waals surface area contributed by atoms with Gasteiger partial charge in [-0.15, -0.1) is 15.0 Å². The summed E-state index contributed by atoms with van der Waals surface area (Å²) in [5.41, 5.74) is 1.55. The van der Waals surface area contributed by atoms with E-state index in [1.807, 2.05) is 6.92 Å². The molecule has 0 fully saturated rings. The second kappa shape index (κ2) is 4.54. The van der Waals surface area contributed by atoms with Crippen LogP contribution in [-0.2, 0) is 10.1 Å². The summed E-state index contributed by atoms with van der Waals surface area (Å²) in [5, 5.41) is 18.1. The van der Waals surface area contributed by atoms with Crippen LogP contribution < -0.4 is 0 Å². The van der Waals surface area contributed by atoms with Crippen LogP contribution in [0.15, 0.2) is 41.3 Å². The number of rotatable bonds is 2. The Morgan fingerprint density at radius 2 is 1.90 bits per heavy atom. The van der Waals surface area contributed by atoms with Gasteiger partial charge in [-0.25, -0.2) is 0 Å². The summed E-state index contributed by atoms with van der Waals surface area (Å²) >= 11 is 0. The van der Waals surface area contributed by atoms with E-state index in [1.54, 1.807) is 18.2 Å². The highest BCUT2D eigenvalue weighted by Gasteiger charge is 2.18. The fourth-order valence-electron chi connectivity index (χ4n) is 2.02. The lowest BCUT2D eigenvalue weighted by atomic mass is 10.2. The topological polar surface area (TPSA) is 105 Å². The van der Waals surface area contributed by atoms with E-state index >= 15 is 0 Å². The molecule has 0 radical (unpaired) electrons. The molecule has 3 aromatic rings. The van der Waals surface area contributed by atoms with Crippen molar-refractivity contribution in [2.75, 3.05) is 0 Å². The van der Waals surface area contributed by atoms with Gasteiger partial charge in [-0.1, -0.05) is 12.1 Å². The van der Waals surface area contributed by atoms with Crippen molar-refractivity contribution >= 4 is 21.2 Å². The van der Waals surface area contributed by atoms with Crippen molar-refractivity contribution in [3.05, 3.63) is 42.0 Å². The second-order valence-electron chi connectivity index (χ2n) is 4.58. The molecule has 0 saturated heterocycles. The molecule has 2 N–H and O–H groups in total. The third-order valence-electron chi connectivity index (χ3n) is 3.00. The number of phenolic OH excluding ortho intramolecular Hbond substituents is 1. The monoisotopic (exact) mass is 305 g/mol. The van der Waals surface area contributed by atoms with Crippen molar-refractivity contribution in [1.82, 2.24) is 15.0 Å². The average molecular weight is 305 g/mol. The van der Waals surface area contributed by atoms with Gasteiger partial charge in [0, 0.05) is 0 Å². The normalized spacial score (nSPS) is 11.9. The minimum absolute atomic E-state index is 0.0330. The predicted molar refractivity (Wildman–Crippen MR) is 75.1 cm³/mol. The number of nitrogens with zero attached hydrogens (tertiary/aromatic N) is 3. The van der Waals surface area contributed by atoms with Gasteiger partial charge in [-0.3, -0.25) is 4.55 Å². The zero-order chi connectivity index (χ0) is 15.2. The molecular formula is C13H11N3O4S. The van der Waals surface area contributed by atoms with E-state index in [0.29, 0.717) is 11.2 Å². The van der Waals surface area contributed by atoms with E-state index in [1.165, 1.54) is 18.2 Å². The maximum Gasteiger partial charge on any atom is 0.296 e. The molecule has 0 aliphatic carbocycles. The van der Waals surface area contributed by atoms with Crippen molar-refractivity contribution in [3.63, 3.8) is 0 Å². The highest BCUT2D eigenvalue weighted by Crippen LogP contribution is 2.25. The van der Waals surface area contributed by atoms with Crippen LogP contribution >= 0.6 is 0 Å². The molecule has 7 nitrogen and oxygen atoms in total. The standard InChI is InChI=1S/C13H11N3O4S/c1-8-5-6-11(17)10(7-8)16-14-9-3-2-4-12(13(9)15-16)21(18,19)20/h2-7,17H,1H3,(H,18,19,20). The number of benzene rings is 2. The van der Waals surface area contributed by atoms with Crippen LogP contribution in [0.5, 0.6) is 5.75 Å². The molecule has 1 aromatic heterocycles. The van der Waals surface area contributed by atoms with Crippen molar-refractivity contribution in [3.8, 4) is 11.4 Å². The summed E-state index contributed by atoms with van der Waals surface area (Å²) in [7, 11) is -4.39. The van der Waals surface area contributed by atoms with Crippen LogP contribution in [0, 0.1) is 6.92 Å². The Morgan fingerprint density at radius 1 is 1.14 bits per heavy atom. The first-order chi connectivity index (χ1) is 9.86. The molecule has 3 rings (SSSR count). The lowest BCUT2D eigenvalue weighted by Crippen LogP contribution is -2.01. The molecule has 2 aromatic carbocycles. The SMILES string of the molecule is Cc1ccc(O)c(-n2nc3cccc(S(=O)(=O)O)c3n2)c1. The summed E-state index contributed by atoms with van der Waals surface area (Å²) in [5.74, 6) is -0.0330. The first kappa shape index (κ1) is 13.5. The smallest absolute Gasteiger partial charge is 0.296 e. The Bertz CT molecular complexity index is 947. The summed E-state index contributed by atoms with van der Waals surface area (Å²) < 4.78 is 31.9. The Hall–Kier alpha value is -2.45. The van der Waals surface area contributed by atoms with E-state index in [4.69, 9.17) is 0 Å². The lowest BCUT2D eigenvalue weighted by molar-refractivity contribution is 0.467. The Morgan fingerprint density at radius 3 is 2.62 bits per heavy atom. The van der Waals surface area contributed by atoms with Gasteiger partial charge >= 0.3 is 0 Å². The van der Waals surface area contributed by atoms with Crippen LogP contribution in [0.3, 0.4) is 0 Å². The minimum atomic E-state index is -4.39. The second-order valence-corrected chi connectivity index (χ2v) is 5.97. The lowest BCUT2D eigenvalue weighted by Gasteiger charge is -2.03. The number of phenols is 1. The third kappa shape index (κ3) is 2.34. The minimum Gasteiger partial charge on any atom is -0.506 e. The molecule has 0 aliphatic rings. The largest absolute Gasteiger partial charge is 0.506 e. The number of aryl methyl sites for hydroxylation is 1. The summed E-state index contributed by atoms with van der Waals surface area (Å²) in [6, 6.07) is 9.17. The highest BCUT2D eigenvalue weighted by atomic mass is 32.2. The van der Waals surface area contributed by atoms with Crippen molar-refractivity contribution in [1.29, 1.82) is 0 Å². The van der Waals surface area contributed by atoms with Gasteiger partial charge in [-0.2, -0.15) is 8.42 Å². The fourth-order valence-corrected chi connectivity index (χ4v) is 2.66. The van der Waals surface area contributed by atoms with Crippen LogP contribution in [0.4, 0.5) is 0 Å². The molecule has 0 aliphatic heterocycles.